The average molecular weight is 393 g/mol. The molecule has 0 radical (unpaired) electrons. The van der Waals surface area contributed by atoms with Gasteiger partial charge < -0.3 is 0 Å². The number of benzene rings is 3. The van der Waals surface area contributed by atoms with E-state index in [4.69, 9.17) is 5.10 Å². The topological polar surface area (TPSA) is 32.7 Å². The molecule has 0 saturated heterocycles. The van der Waals surface area contributed by atoms with Crippen molar-refractivity contribution in [2.24, 2.45) is 11.0 Å². The van der Waals surface area contributed by atoms with Gasteiger partial charge in [0.15, 0.2) is 0 Å². The molecular weight excluding hydrogens is 368 g/mol. The first-order chi connectivity index (χ1) is 14.8. The number of allylic oxidation sites excluding steroid dienone is 1. The molecule has 1 aliphatic carbocycles. The molecule has 0 unspecified atom stereocenters. The molecule has 30 heavy (non-hydrogen) atoms. The summed E-state index contributed by atoms with van der Waals surface area (Å²) in [6.45, 7) is 0. The third-order valence-corrected chi connectivity index (χ3v) is 6.01. The van der Waals surface area contributed by atoms with Crippen molar-refractivity contribution in [1.82, 2.24) is 5.01 Å². The molecule has 2 atom stereocenters. The molecule has 5 rings (SSSR count). The highest BCUT2D eigenvalue weighted by atomic mass is 16.2. The molecule has 3 aromatic carbocycles. The summed E-state index contributed by atoms with van der Waals surface area (Å²) in [5, 5.41) is 6.68. The summed E-state index contributed by atoms with van der Waals surface area (Å²) in [5.74, 6) is 0.189. The zero-order valence-electron chi connectivity index (χ0n) is 16.8. The van der Waals surface area contributed by atoms with Crippen LogP contribution in [0.15, 0.2) is 102 Å². The van der Waals surface area contributed by atoms with Crippen LogP contribution in [0.1, 0.15) is 46.8 Å². The first-order valence-corrected chi connectivity index (χ1v) is 10.6. The third kappa shape index (κ3) is 3.48. The molecule has 1 saturated carbocycles. The molecule has 0 bridgehead atoms. The van der Waals surface area contributed by atoms with Gasteiger partial charge in [-0.2, -0.15) is 5.10 Å². The van der Waals surface area contributed by atoms with Crippen LogP contribution in [-0.2, 0) is 0 Å². The predicted octanol–water partition coefficient (Wildman–Crippen LogP) is 6.12. The first-order valence-electron chi connectivity index (χ1n) is 10.6. The molecule has 1 heterocycles. The molecular formula is C27H24N2O. The minimum Gasteiger partial charge on any atom is -0.267 e. The lowest BCUT2D eigenvalue weighted by atomic mass is 9.77. The lowest BCUT2D eigenvalue weighted by Crippen LogP contribution is -2.31. The van der Waals surface area contributed by atoms with Crippen LogP contribution < -0.4 is 0 Å². The van der Waals surface area contributed by atoms with Gasteiger partial charge in [-0.05, 0) is 54.2 Å². The molecule has 0 spiro atoms. The minimum atomic E-state index is -0.0617. The van der Waals surface area contributed by atoms with Gasteiger partial charge >= 0.3 is 0 Å². The lowest BCUT2D eigenvalue weighted by molar-refractivity contribution is 0.0681. The molecule has 0 N–H and O–H groups in total. The van der Waals surface area contributed by atoms with E-state index in [-0.39, 0.29) is 17.9 Å². The minimum absolute atomic E-state index is 0.0367. The smallest absolute Gasteiger partial charge is 0.267 e. The van der Waals surface area contributed by atoms with Gasteiger partial charge in [-0.25, -0.2) is 5.01 Å². The Morgan fingerprint density at radius 3 is 2.20 bits per heavy atom. The second kappa shape index (κ2) is 8.11. The SMILES string of the molecule is O=C(c1ccccc1)N1N=C2/C(=C\c3ccccc3)CCC[C@@H]2[C@@H]1c1ccccc1. The van der Waals surface area contributed by atoms with E-state index in [0.29, 0.717) is 5.56 Å². The van der Waals surface area contributed by atoms with Crippen LogP contribution in [0.2, 0.25) is 0 Å². The maximum absolute atomic E-state index is 13.4. The van der Waals surface area contributed by atoms with Crippen LogP contribution in [0.4, 0.5) is 0 Å². The monoisotopic (exact) mass is 392 g/mol. The fraction of sp³-hybridized carbons (Fsp3) is 0.185. The van der Waals surface area contributed by atoms with E-state index in [0.717, 1.165) is 30.5 Å². The van der Waals surface area contributed by atoms with Gasteiger partial charge in [0, 0.05) is 11.5 Å². The summed E-state index contributed by atoms with van der Waals surface area (Å²) in [7, 11) is 0. The number of hydrogen-bond acceptors (Lipinski definition) is 2. The Balaban J connectivity index is 1.58. The Morgan fingerprint density at radius 1 is 0.867 bits per heavy atom. The predicted molar refractivity (Wildman–Crippen MR) is 121 cm³/mol. The normalized spacial score (nSPS) is 21.9. The molecule has 0 aromatic heterocycles. The number of rotatable bonds is 3. The number of carbonyl (C=O) groups excluding carboxylic acids is 1. The summed E-state index contributed by atoms with van der Waals surface area (Å²) in [6, 6.07) is 30.1. The van der Waals surface area contributed by atoms with Crippen molar-refractivity contribution >= 4 is 17.7 Å². The summed E-state index contributed by atoms with van der Waals surface area (Å²) in [5.41, 5.74) is 5.33. The number of amides is 1. The highest BCUT2D eigenvalue weighted by Gasteiger charge is 2.43. The Kier molecular flexibility index (Phi) is 5.02. The highest BCUT2D eigenvalue weighted by Crippen LogP contribution is 2.44. The largest absolute Gasteiger partial charge is 0.274 e. The van der Waals surface area contributed by atoms with Crippen molar-refractivity contribution in [3.63, 3.8) is 0 Å². The molecule has 3 nitrogen and oxygen atoms in total. The Hall–Kier alpha value is -3.46. The van der Waals surface area contributed by atoms with Crippen LogP contribution in [-0.4, -0.2) is 16.6 Å². The van der Waals surface area contributed by atoms with E-state index < -0.39 is 0 Å². The van der Waals surface area contributed by atoms with Crippen LogP contribution in [0.5, 0.6) is 0 Å². The zero-order chi connectivity index (χ0) is 20.3. The maximum Gasteiger partial charge on any atom is 0.274 e. The average Bonchev–Trinajstić information content (AvgIpc) is 3.21. The Bertz CT molecular complexity index is 1090. The lowest BCUT2D eigenvalue weighted by Gasteiger charge is -2.29. The van der Waals surface area contributed by atoms with Gasteiger partial charge in [-0.3, -0.25) is 4.79 Å². The van der Waals surface area contributed by atoms with Crippen molar-refractivity contribution < 1.29 is 4.79 Å². The van der Waals surface area contributed by atoms with Gasteiger partial charge in [0.2, 0.25) is 0 Å². The van der Waals surface area contributed by atoms with E-state index in [9.17, 15) is 4.79 Å². The number of fused-ring (bicyclic) bond motifs is 1. The fourth-order valence-electron chi connectivity index (χ4n) is 4.61. The van der Waals surface area contributed by atoms with Crippen LogP contribution in [0.3, 0.4) is 0 Å². The maximum atomic E-state index is 13.4. The van der Waals surface area contributed by atoms with E-state index in [1.54, 1.807) is 5.01 Å². The highest BCUT2D eigenvalue weighted by molar-refractivity contribution is 6.09. The summed E-state index contributed by atoms with van der Waals surface area (Å²) in [6.07, 6.45) is 5.39. The fourth-order valence-corrected chi connectivity index (χ4v) is 4.61. The molecule has 148 valence electrons. The number of carbonyl (C=O) groups is 1. The summed E-state index contributed by atoms with van der Waals surface area (Å²) < 4.78 is 0. The van der Waals surface area contributed by atoms with Crippen molar-refractivity contribution in [1.29, 1.82) is 0 Å². The van der Waals surface area contributed by atoms with Gasteiger partial charge in [0.05, 0.1) is 11.8 Å². The van der Waals surface area contributed by atoms with Crippen LogP contribution in [0.25, 0.3) is 6.08 Å². The summed E-state index contributed by atoms with van der Waals surface area (Å²) >= 11 is 0. The molecule has 2 aliphatic rings. The molecule has 1 fully saturated rings. The molecule has 3 heteroatoms. The number of hydrazone groups is 1. The first kappa shape index (κ1) is 18.6. The van der Waals surface area contributed by atoms with Crippen LogP contribution in [0, 0.1) is 5.92 Å². The number of hydrogen-bond donors (Lipinski definition) is 0. The van der Waals surface area contributed by atoms with Crippen LogP contribution >= 0.6 is 0 Å². The van der Waals surface area contributed by atoms with Gasteiger partial charge in [0.25, 0.3) is 5.91 Å². The van der Waals surface area contributed by atoms with Crippen molar-refractivity contribution in [2.45, 2.75) is 25.3 Å². The molecule has 3 aromatic rings. The van der Waals surface area contributed by atoms with E-state index in [1.807, 2.05) is 54.6 Å². The van der Waals surface area contributed by atoms with E-state index in [2.05, 4.69) is 42.5 Å². The van der Waals surface area contributed by atoms with Crippen molar-refractivity contribution in [3.05, 3.63) is 113 Å². The van der Waals surface area contributed by atoms with Gasteiger partial charge in [-0.15, -0.1) is 0 Å². The van der Waals surface area contributed by atoms with Crippen molar-refractivity contribution in [3.8, 4) is 0 Å². The Labute approximate surface area is 177 Å². The third-order valence-electron chi connectivity index (χ3n) is 6.01. The number of nitrogens with zero attached hydrogens (tertiary/aromatic N) is 2. The van der Waals surface area contributed by atoms with Gasteiger partial charge in [0.1, 0.15) is 0 Å². The zero-order valence-corrected chi connectivity index (χ0v) is 16.8. The standard InChI is InChI=1S/C27H24N2O/c30-27(22-15-8-3-9-16-22)29-26(21-13-6-2-7-14-21)24-18-10-17-23(25(24)28-29)19-20-11-4-1-5-12-20/h1-9,11-16,19,24,26H,10,17-18H2/b23-19-/t24-,26-/m0/s1. The van der Waals surface area contributed by atoms with Crippen molar-refractivity contribution in [2.75, 3.05) is 0 Å². The van der Waals surface area contributed by atoms with E-state index in [1.165, 1.54) is 11.1 Å². The second-order valence-corrected chi connectivity index (χ2v) is 7.94. The molecule has 1 aliphatic heterocycles. The van der Waals surface area contributed by atoms with E-state index >= 15 is 0 Å². The Morgan fingerprint density at radius 2 is 1.50 bits per heavy atom. The van der Waals surface area contributed by atoms with Gasteiger partial charge in [-0.1, -0.05) is 78.9 Å². The molecule has 1 amide bonds. The second-order valence-electron chi connectivity index (χ2n) is 7.94. The quantitative estimate of drug-likeness (QED) is 0.528. The summed E-state index contributed by atoms with van der Waals surface area (Å²) in [4.78, 5) is 13.4.